The molecule has 0 aromatic carbocycles. The molecule has 0 spiro atoms. The van der Waals surface area contributed by atoms with Crippen LogP contribution >= 0.6 is 0 Å². The monoisotopic (exact) mass is 410 g/mol. The van der Waals surface area contributed by atoms with Gasteiger partial charge < -0.3 is 9.64 Å². The summed E-state index contributed by atoms with van der Waals surface area (Å²) >= 11 is 0. The summed E-state index contributed by atoms with van der Waals surface area (Å²) in [7, 11) is 0. The van der Waals surface area contributed by atoms with Crippen molar-refractivity contribution in [3.63, 3.8) is 0 Å². The van der Waals surface area contributed by atoms with Gasteiger partial charge in [0.15, 0.2) is 0 Å². The van der Waals surface area contributed by atoms with E-state index in [0.29, 0.717) is 23.9 Å². The number of urea groups is 1. The van der Waals surface area contributed by atoms with E-state index in [9.17, 15) is 9.59 Å². The molecule has 3 amide bonds. The summed E-state index contributed by atoms with van der Waals surface area (Å²) in [6.07, 6.45) is 10.3. The van der Waals surface area contributed by atoms with Gasteiger partial charge in [0.1, 0.15) is 6.54 Å². The third-order valence-corrected chi connectivity index (χ3v) is 5.85. The van der Waals surface area contributed by atoms with E-state index in [2.05, 4.69) is 34.6 Å². The van der Waals surface area contributed by atoms with Crippen LogP contribution in [0.4, 0.5) is 4.79 Å². The minimum absolute atomic E-state index is 0.0467. The first-order valence-electron chi connectivity index (χ1n) is 11.7. The maximum atomic E-state index is 12.1. The summed E-state index contributed by atoms with van der Waals surface area (Å²) in [6.45, 7) is 16.6. The molecule has 1 aliphatic rings. The van der Waals surface area contributed by atoms with Crippen LogP contribution in [0.5, 0.6) is 0 Å². The molecule has 1 aliphatic heterocycles. The predicted octanol–water partition coefficient (Wildman–Crippen LogP) is 5.87. The molecule has 0 aliphatic carbocycles. The van der Waals surface area contributed by atoms with Crippen LogP contribution in [0.15, 0.2) is 0 Å². The van der Waals surface area contributed by atoms with Crippen LogP contribution in [-0.2, 0) is 9.53 Å². The van der Waals surface area contributed by atoms with E-state index in [1.165, 1.54) is 37.0 Å². The van der Waals surface area contributed by atoms with Crippen molar-refractivity contribution in [1.82, 2.24) is 9.80 Å². The normalized spacial score (nSPS) is 15.7. The fourth-order valence-electron chi connectivity index (χ4n) is 3.83. The minimum atomic E-state index is -0.116. The van der Waals surface area contributed by atoms with Gasteiger partial charge in [0.2, 0.25) is 5.91 Å². The molecule has 29 heavy (non-hydrogen) atoms. The van der Waals surface area contributed by atoms with E-state index in [1.807, 2.05) is 6.92 Å². The van der Waals surface area contributed by atoms with Crippen LogP contribution in [0.25, 0.3) is 0 Å². The van der Waals surface area contributed by atoms with Crippen LogP contribution in [0, 0.1) is 10.8 Å². The Morgan fingerprint density at radius 3 is 1.90 bits per heavy atom. The molecule has 0 radical (unpaired) electrons. The number of likely N-dealkylation sites (N-methyl/N-ethyl adjacent to an activating group) is 1. The zero-order chi connectivity index (χ0) is 21.9. The molecule has 1 fully saturated rings. The molecule has 0 aromatic heterocycles. The molecule has 0 aromatic rings. The average Bonchev–Trinajstić information content (AvgIpc) is 2.90. The fourth-order valence-corrected chi connectivity index (χ4v) is 3.83. The van der Waals surface area contributed by atoms with Crippen LogP contribution in [-0.4, -0.2) is 54.6 Å². The van der Waals surface area contributed by atoms with Crippen LogP contribution in [0.1, 0.15) is 99.3 Å². The van der Waals surface area contributed by atoms with Crippen LogP contribution < -0.4 is 0 Å². The molecule has 0 saturated carbocycles. The zero-order valence-electron chi connectivity index (χ0n) is 20.0. The summed E-state index contributed by atoms with van der Waals surface area (Å²) in [5.74, 6) is -0.0467. The Labute approximate surface area is 179 Å². The number of hydrogen-bond donors (Lipinski definition) is 0. The number of carbonyl (C=O) groups is 2. The van der Waals surface area contributed by atoms with Crippen molar-refractivity contribution < 1.29 is 14.3 Å². The van der Waals surface area contributed by atoms with Gasteiger partial charge in [0.25, 0.3) is 0 Å². The van der Waals surface area contributed by atoms with Gasteiger partial charge in [-0.3, -0.25) is 9.69 Å². The predicted molar refractivity (Wildman–Crippen MR) is 120 cm³/mol. The van der Waals surface area contributed by atoms with Gasteiger partial charge in [0.05, 0.1) is 0 Å². The number of nitrogens with zero attached hydrogens (tertiary/aromatic N) is 2. The number of carbonyl (C=O) groups excluding carboxylic acids is 2. The van der Waals surface area contributed by atoms with E-state index in [4.69, 9.17) is 4.74 Å². The van der Waals surface area contributed by atoms with Crippen LogP contribution in [0.2, 0.25) is 0 Å². The molecule has 0 atom stereocenters. The third kappa shape index (κ3) is 11.0. The Balaban J connectivity index is 2.04. The number of ether oxygens (including phenoxy) is 1. The number of amides is 3. The van der Waals surface area contributed by atoms with Crippen molar-refractivity contribution in [3.8, 4) is 0 Å². The van der Waals surface area contributed by atoms with Crippen molar-refractivity contribution in [3.05, 3.63) is 0 Å². The van der Waals surface area contributed by atoms with Gasteiger partial charge in [-0.2, -0.15) is 0 Å². The molecule has 1 saturated heterocycles. The second-order valence-electron chi connectivity index (χ2n) is 10.6. The molecular weight excluding hydrogens is 364 g/mol. The lowest BCUT2D eigenvalue weighted by Crippen LogP contribution is -2.33. The second kappa shape index (κ2) is 12.6. The Morgan fingerprint density at radius 1 is 0.828 bits per heavy atom. The minimum Gasteiger partial charge on any atom is -0.381 e. The maximum Gasteiger partial charge on any atom is 0.327 e. The molecular formula is C24H46N2O3. The van der Waals surface area contributed by atoms with Gasteiger partial charge in [-0.1, -0.05) is 53.9 Å². The molecule has 1 rings (SSSR count). The zero-order valence-corrected chi connectivity index (χ0v) is 20.0. The summed E-state index contributed by atoms with van der Waals surface area (Å²) in [5.41, 5.74) is 0.738. The first-order chi connectivity index (χ1) is 13.6. The molecule has 170 valence electrons. The fraction of sp³-hybridized carbons (Fsp3) is 0.917. The molecule has 5 heteroatoms. The van der Waals surface area contributed by atoms with Gasteiger partial charge in [-0.15, -0.1) is 0 Å². The van der Waals surface area contributed by atoms with E-state index in [-0.39, 0.29) is 18.5 Å². The summed E-state index contributed by atoms with van der Waals surface area (Å²) in [4.78, 5) is 27.0. The molecule has 1 heterocycles. The number of imide groups is 1. The highest BCUT2D eigenvalue weighted by Crippen LogP contribution is 2.29. The van der Waals surface area contributed by atoms with Gasteiger partial charge in [-0.25, -0.2) is 4.79 Å². The van der Waals surface area contributed by atoms with Crippen molar-refractivity contribution in [2.75, 3.05) is 32.8 Å². The van der Waals surface area contributed by atoms with Crippen molar-refractivity contribution in [2.45, 2.75) is 99.3 Å². The number of rotatable bonds is 15. The first kappa shape index (κ1) is 25.9. The highest BCUT2D eigenvalue weighted by molar-refractivity contribution is 6.01. The van der Waals surface area contributed by atoms with Crippen LogP contribution in [0.3, 0.4) is 0 Å². The summed E-state index contributed by atoms with van der Waals surface area (Å²) in [5, 5.41) is 0. The van der Waals surface area contributed by atoms with Crippen molar-refractivity contribution in [1.29, 1.82) is 0 Å². The standard InChI is InChI=1S/C24H46N2O3/c1-7-25-20-21(27)26(22(25)28)17-11-8-15-24(5,6)16-10-13-19-29-18-12-9-14-23(2,3)4/h7-20H2,1-6H3. The van der Waals surface area contributed by atoms with Crippen molar-refractivity contribution in [2.24, 2.45) is 10.8 Å². The van der Waals surface area contributed by atoms with E-state index < -0.39 is 0 Å². The second-order valence-corrected chi connectivity index (χ2v) is 10.6. The highest BCUT2D eigenvalue weighted by Gasteiger charge is 2.34. The molecule has 0 bridgehead atoms. The Morgan fingerprint density at radius 2 is 1.38 bits per heavy atom. The lowest BCUT2D eigenvalue weighted by molar-refractivity contribution is -0.125. The maximum absolute atomic E-state index is 12.1. The number of unbranched alkanes of at least 4 members (excludes halogenated alkanes) is 3. The Kier molecular flexibility index (Phi) is 11.2. The molecule has 0 N–H and O–H groups in total. The topological polar surface area (TPSA) is 49.9 Å². The summed E-state index contributed by atoms with van der Waals surface area (Å²) in [6, 6.07) is -0.116. The first-order valence-corrected chi connectivity index (χ1v) is 11.7. The molecule has 5 nitrogen and oxygen atoms in total. The largest absolute Gasteiger partial charge is 0.381 e. The van der Waals surface area contributed by atoms with E-state index >= 15 is 0 Å². The Bertz CT molecular complexity index is 497. The highest BCUT2D eigenvalue weighted by atomic mass is 16.5. The smallest absolute Gasteiger partial charge is 0.327 e. The van der Waals surface area contributed by atoms with Gasteiger partial charge in [-0.05, 0) is 56.3 Å². The van der Waals surface area contributed by atoms with Gasteiger partial charge >= 0.3 is 6.03 Å². The summed E-state index contributed by atoms with van der Waals surface area (Å²) < 4.78 is 5.78. The SMILES string of the molecule is CCN1CC(=O)N(CCCCC(C)(C)CCCCOCCCCC(C)(C)C)C1=O. The lowest BCUT2D eigenvalue weighted by atomic mass is 9.82. The number of hydrogen-bond acceptors (Lipinski definition) is 3. The van der Waals surface area contributed by atoms with E-state index in [0.717, 1.165) is 38.9 Å². The van der Waals surface area contributed by atoms with Crippen molar-refractivity contribution >= 4 is 11.9 Å². The lowest BCUT2D eigenvalue weighted by Gasteiger charge is -2.25. The third-order valence-electron chi connectivity index (χ3n) is 5.85. The average molecular weight is 411 g/mol. The van der Waals surface area contributed by atoms with E-state index in [1.54, 1.807) is 4.90 Å². The van der Waals surface area contributed by atoms with Gasteiger partial charge in [0, 0.05) is 26.3 Å². The molecule has 0 unspecified atom stereocenters. The Hall–Kier alpha value is -1.10. The quantitative estimate of drug-likeness (QED) is 0.250.